The first-order chi connectivity index (χ1) is 14.1. The summed E-state index contributed by atoms with van der Waals surface area (Å²) in [6, 6.07) is 19.0. The highest BCUT2D eigenvalue weighted by Gasteiger charge is 2.15. The predicted molar refractivity (Wildman–Crippen MR) is 108 cm³/mol. The topological polar surface area (TPSA) is 64.4 Å². The van der Waals surface area contributed by atoms with E-state index in [-0.39, 0.29) is 18.3 Å². The molecule has 0 atom stereocenters. The summed E-state index contributed by atoms with van der Waals surface area (Å²) in [4.78, 5) is 16.7. The fraction of sp³-hybridized carbons (Fsp3) is 0.130. The number of carbonyl (C=O) groups is 1. The molecule has 0 unspecified atom stereocenters. The monoisotopic (exact) mass is 390 g/mol. The van der Waals surface area contributed by atoms with Crippen LogP contribution in [0, 0.1) is 12.7 Å². The first kappa shape index (κ1) is 18.7. The SMILES string of the molecule is Cc1cccc2oc(-c3ccccc3OCC(=O)NCc3ccc(F)cc3)nc12. The van der Waals surface area contributed by atoms with Crippen molar-refractivity contribution in [3.63, 3.8) is 0 Å². The van der Waals surface area contributed by atoms with Crippen molar-refractivity contribution in [3.05, 3.63) is 83.7 Å². The van der Waals surface area contributed by atoms with E-state index in [1.54, 1.807) is 18.2 Å². The van der Waals surface area contributed by atoms with E-state index in [1.165, 1.54) is 12.1 Å². The lowest BCUT2D eigenvalue weighted by molar-refractivity contribution is -0.123. The summed E-state index contributed by atoms with van der Waals surface area (Å²) >= 11 is 0. The molecular weight excluding hydrogens is 371 g/mol. The number of nitrogens with one attached hydrogen (secondary N) is 1. The molecule has 1 aromatic heterocycles. The summed E-state index contributed by atoms with van der Waals surface area (Å²) in [5, 5.41) is 2.75. The summed E-state index contributed by atoms with van der Waals surface area (Å²) in [5.74, 6) is 0.359. The van der Waals surface area contributed by atoms with Gasteiger partial charge in [-0.25, -0.2) is 9.37 Å². The molecule has 0 saturated carbocycles. The Kier molecular flexibility index (Phi) is 5.24. The minimum absolute atomic E-state index is 0.155. The number of ether oxygens (including phenoxy) is 1. The number of amides is 1. The number of rotatable bonds is 6. The van der Waals surface area contributed by atoms with Gasteiger partial charge in [-0.15, -0.1) is 0 Å². The summed E-state index contributed by atoms with van der Waals surface area (Å²) in [6.45, 7) is 2.12. The van der Waals surface area contributed by atoms with E-state index in [0.717, 1.165) is 16.6 Å². The standard InChI is InChI=1S/C23H19FN2O3/c1-15-5-4-8-20-22(15)26-23(29-20)18-6-2-3-7-19(18)28-14-21(27)25-13-16-9-11-17(24)12-10-16/h2-12H,13-14H2,1H3,(H,25,27). The molecule has 0 saturated heterocycles. The Bertz CT molecular complexity index is 1150. The van der Waals surface area contributed by atoms with E-state index in [2.05, 4.69) is 10.3 Å². The number of nitrogens with zero attached hydrogens (tertiary/aromatic N) is 1. The molecule has 1 heterocycles. The number of hydrogen-bond donors (Lipinski definition) is 1. The second-order valence-corrected chi connectivity index (χ2v) is 6.63. The van der Waals surface area contributed by atoms with Crippen molar-refractivity contribution in [1.82, 2.24) is 10.3 Å². The molecular formula is C23H19FN2O3. The lowest BCUT2D eigenvalue weighted by atomic mass is 10.2. The van der Waals surface area contributed by atoms with Crippen molar-refractivity contribution in [3.8, 4) is 17.2 Å². The van der Waals surface area contributed by atoms with E-state index in [0.29, 0.717) is 29.3 Å². The molecule has 1 amide bonds. The van der Waals surface area contributed by atoms with Crippen molar-refractivity contribution in [2.24, 2.45) is 0 Å². The van der Waals surface area contributed by atoms with Crippen LogP contribution in [0.5, 0.6) is 5.75 Å². The normalized spacial score (nSPS) is 10.8. The second-order valence-electron chi connectivity index (χ2n) is 6.63. The van der Waals surface area contributed by atoms with Crippen LogP contribution in [-0.4, -0.2) is 17.5 Å². The van der Waals surface area contributed by atoms with Crippen LogP contribution in [0.25, 0.3) is 22.6 Å². The third kappa shape index (κ3) is 4.27. The lowest BCUT2D eigenvalue weighted by Gasteiger charge is -2.10. The number of aryl methyl sites for hydroxylation is 1. The highest BCUT2D eigenvalue weighted by Crippen LogP contribution is 2.32. The highest BCUT2D eigenvalue weighted by atomic mass is 19.1. The summed E-state index contributed by atoms with van der Waals surface area (Å²) in [5.41, 5.74) is 4.01. The Morgan fingerprint density at radius 3 is 2.66 bits per heavy atom. The van der Waals surface area contributed by atoms with Gasteiger partial charge in [-0.05, 0) is 48.4 Å². The van der Waals surface area contributed by atoms with Gasteiger partial charge in [0.05, 0.1) is 5.56 Å². The number of para-hydroxylation sites is 2. The van der Waals surface area contributed by atoms with Crippen LogP contribution in [-0.2, 0) is 11.3 Å². The molecule has 146 valence electrons. The summed E-state index contributed by atoms with van der Waals surface area (Å²) in [6.07, 6.45) is 0. The molecule has 5 nitrogen and oxygen atoms in total. The summed E-state index contributed by atoms with van der Waals surface area (Å²) < 4.78 is 24.5. The Morgan fingerprint density at radius 2 is 1.86 bits per heavy atom. The number of aromatic nitrogens is 1. The van der Waals surface area contributed by atoms with Gasteiger partial charge in [-0.3, -0.25) is 4.79 Å². The maximum Gasteiger partial charge on any atom is 0.258 e. The molecule has 0 bridgehead atoms. The number of carbonyl (C=O) groups excluding carboxylic acids is 1. The largest absolute Gasteiger partial charge is 0.483 e. The Morgan fingerprint density at radius 1 is 1.07 bits per heavy atom. The second kappa shape index (κ2) is 8.14. The van der Waals surface area contributed by atoms with Crippen LogP contribution in [0.2, 0.25) is 0 Å². The molecule has 0 spiro atoms. The quantitative estimate of drug-likeness (QED) is 0.521. The van der Waals surface area contributed by atoms with E-state index >= 15 is 0 Å². The maximum absolute atomic E-state index is 12.9. The Balaban J connectivity index is 1.44. The zero-order valence-electron chi connectivity index (χ0n) is 15.8. The van der Waals surface area contributed by atoms with Crippen molar-refractivity contribution >= 4 is 17.0 Å². The third-order valence-corrected chi connectivity index (χ3v) is 4.50. The van der Waals surface area contributed by atoms with Gasteiger partial charge in [0.1, 0.15) is 17.1 Å². The van der Waals surface area contributed by atoms with Crippen LogP contribution in [0.4, 0.5) is 4.39 Å². The molecule has 29 heavy (non-hydrogen) atoms. The van der Waals surface area contributed by atoms with Gasteiger partial charge < -0.3 is 14.5 Å². The maximum atomic E-state index is 12.9. The van der Waals surface area contributed by atoms with Crippen LogP contribution < -0.4 is 10.1 Å². The van der Waals surface area contributed by atoms with Gasteiger partial charge in [0.15, 0.2) is 12.2 Å². The van der Waals surface area contributed by atoms with E-state index in [9.17, 15) is 9.18 Å². The van der Waals surface area contributed by atoms with Gasteiger partial charge in [0.25, 0.3) is 5.91 Å². The van der Waals surface area contributed by atoms with E-state index < -0.39 is 0 Å². The number of fused-ring (bicyclic) bond motifs is 1. The molecule has 0 aliphatic heterocycles. The van der Waals surface area contributed by atoms with Gasteiger partial charge in [0, 0.05) is 6.54 Å². The molecule has 0 aliphatic rings. The van der Waals surface area contributed by atoms with Gasteiger partial charge >= 0.3 is 0 Å². The third-order valence-electron chi connectivity index (χ3n) is 4.50. The lowest BCUT2D eigenvalue weighted by Crippen LogP contribution is -2.28. The molecule has 0 radical (unpaired) electrons. The number of hydrogen-bond acceptors (Lipinski definition) is 4. The Labute approximate surface area is 167 Å². The minimum atomic E-state index is -0.311. The van der Waals surface area contributed by atoms with E-state index in [1.807, 2.05) is 43.3 Å². The van der Waals surface area contributed by atoms with Crippen molar-refractivity contribution < 1.29 is 18.3 Å². The van der Waals surface area contributed by atoms with Crippen molar-refractivity contribution in [2.75, 3.05) is 6.61 Å². The zero-order chi connectivity index (χ0) is 20.2. The minimum Gasteiger partial charge on any atom is -0.483 e. The molecule has 6 heteroatoms. The smallest absolute Gasteiger partial charge is 0.258 e. The van der Waals surface area contributed by atoms with E-state index in [4.69, 9.17) is 9.15 Å². The highest BCUT2D eigenvalue weighted by molar-refractivity contribution is 5.81. The molecule has 4 aromatic rings. The average molecular weight is 390 g/mol. The van der Waals surface area contributed by atoms with Crippen LogP contribution in [0.1, 0.15) is 11.1 Å². The molecule has 0 aliphatic carbocycles. The van der Waals surface area contributed by atoms with Gasteiger partial charge in [-0.2, -0.15) is 0 Å². The van der Waals surface area contributed by atoms with Gasteiger partial charge in [-0.1, -0.05) is 36.4 Å². The molecule has 4 rings (SSSR count). The summed E-state index contributed by atoms with van der Waals surface area (Å²) in [7, 11) is 0. The first-order valence-electron chi connectivity index (χ1n) is 9.19. The van der Waals surface area contributed by atoms with Crippen molar-refractivity contribution in [1.29, 1.82) is 0 Å². The molecule has 0 fully saturated rings. The van der Waals surface area contributed by atoms with Crippen molar-refractivity contribution in [2.45, 2.75) is 13.5 Å². The number of halogens is 1. The van der Waals surface area contributed by atoms with Crippen LogP contribution in [0.3, 0.4) is 0 Å². The zero-order valence-corrected chi connectivity index (χ0v) is 15.8. The fourth-order valence-electron chi connectivity index (χ4n) is 2.97. The number of oxazole rings is 1. The van der Waals surface area contributed by atoms with Crippen LogP contribution in [0.15, 0.2) is 71.1 Å². The fourth-order valence-corrected chi connectivity index (χ4v) is 2.97. The number of benzene rings is 3. The molecule has 3 aromatic carbocycles. The molecule has 1 N–H and O–H groups in total. The van der Waals surface area contributed by atoms with Crippen LogP contribution >= 0.6 is 0 Å². The Hall–Kier alpha value is -3.67. The first-order valence-corrected chi connectivity index (χ1v) is 9.19. The average Bonchev–Trinajstić information content (AvgIpc) is 3.18. The van der Waals surface area contributed by atoms with Gasteiger partial charge in [0.2, 0.25) is 5.89 Å². The predicted octanol–water partition coefficient (Wildman–Crippen LogP) is 4.64.